The molecule has 0 atom stereocenters. The standard InChI is InChI=1S/C17H18N6O3/c1-25-15-5-4-12(19-17(24)11-6-13(8-18)26-9-11)7-14(15)23-16(10-2-3-10)20-21-22-23/h4-7,9-10H,2-3,8,18H2,1H3,(H,19,24). The van der Waals surface area contributed by atoms with E-state index in [0.717, 1.165) is 18.7 Å². The number of anilines is 1. The number of aromatic nitrogens is 4. The van der Waals surface area contributed by atoms with E-state index in [-0.39, 0.29) is 12.5 Å². The molecule has 0 aliphatic heterocycles. The molecule has 1 aliphatic rings. The van der Waals surface area contributed by atoms with Crippen molar-refractivity contribution in [2.24, 2.45) is 5.73 Å². The average Bonchev–Trinajstić information content (AvgIpc) is 3.20. The fourth-order valence-corrected chi connectivity index (χ4v) is 2.70. The third-order valence-electron chi connectivity index (χ3n) is 4.22. The summed E-state index contributed by atoms with van der Waals surface area (Å²) in [5.41, 5.74) is 7.18. The molecule has 9 heteroatoms. The number of carbonyl (C=O) groups excluding carboxylic acids is 1. The zero-order valence-electron chi connectivity index (χ0n) is 14.2. The molecule has 0 bridgehead atoms. The lowest BCUT2D eigenvalue weighted by atomic mass is 10.2. The second kappa shape index (κ2) is 6.60. The largest absolute Gasteiger partial charge is 0.494 e. The van der Waals surface area contributed by atoms with Crippen molar-refractivity contribution in [1.29, 1.82) is 0 Å². The first kappa shape index (κ1) is 16.3. The van der Waals surface area contributed by atoms with Crippen molar-refractivity contribution in [2.75, 3.05) is 12.4 Å². The van der Waals surface area contributed by atoms with Gasteiger partial charge in [0.1, 0.15) is 23.5 Å². The highest BCUT2D eigenvalue weighted by molar-refractivity contribution is 6.04. The summed E-state index contributed by atoms with van der Waals surface area (Å²) in [5.74, 6) is 2.05. The lowest BCUT2D eigenvalue weighted by Crippen LogP contribution is -2.12. The number of amides is 1. The second-order valence-electron chi connectivity index (χ2n) is 6.07. The van der Waals surface area contributed by atoms with Gasteiger partial charge in [-0.05, 0) is 47.5 Å². The molecule has 0 unspecified atom stereocenters. The van der Waals surface area contributed by atoms with Gasteiger partial charge in [0.15, 0.2) is 5.82 Å². The van der Waals surface area contributed by atoms with Gasteiger partial charge in [-0.1, -0.05) is 0 Å². The number of carbonyl (C=O) groups is 1. The number of nitrogens with one attached hydrogen (secondary N) is 1. The normalized spacial score (nSPS) is 13.6. The number of nitrogens with two attached hydrogens (primary N) is 1. The van der Waals surface area contributed by atoms with Crippen LogP contribution in [-0.2, 0) is 6.54 Å². The minimum absolute atomic E-state index is 0.239. The summed E-state index contributed by atoms with van der Waals surface area (Å²) in [6, 6.07) is 6.92. The van der Waals surface area contributed by atoms with E-state index in [2.05, 4.69) is 20.8 Å². The number of methoxy groups -OCH3 is 1. The fraction of sp³-hybridized carbons (Fsp3) is 0.294. The Labute approximate surface area is 149 Å². The predicted octanol–water partition coefficient (Wildman–Crippen LogP) is 1.85. The van der Waals surface area contributed by atoms with Crippen LogP contribution in [0.5, 0.6) is 5.75 Å². The van der Waals surface area contributed by atoms with Crippen LogP contribution < -0.4 is 15.8 Å². The Hall–Kier alpha value is -3.20. The van der Waals surface area contributed by atoms with Crippen LogP contribution in [0.2, 0.25) is 0 Å². The summed E-state index contributed by atoms with van der Waals surface area (Å²) < 4.78 is 12.3. The summed E-state index contributed by atoms with van der Waals surface area (Å²) in [4.78, 5) is 12.4. The number of tetrazole rings is 1. The fourth-order valence-electron chi connectivity index (χ4n) is 2.70. The SMILES string of the molecule is COc1ccc(NC(=O)c2coc(CN)c2)cc1-n1nnnc1C1CC1. The first-order valence-corrected chi connectivity index (χ1v) is 8.25. The van der Waals surface area contributed by atoms with E-state index >= 15 is 0 Å². The zero-order chi connectivity index (χ0) is 18.1. The van der Waals surface area contributed by atoms with E-state index in [1.807, 2.05) is 0 Å². The van der Waals surface area contributed by atoms with E-state index in [0.29, 0.717) is 34.4 Å². The molecule has 1 amide bonds. The first-order valence-electron chi connectivity index (χ1n) is 8.25. The maximum atomic E-state index is 12.4. The van der Waals surface area contributed by atoms with E-state index in [4.69, 9.17) is 14.9 Å². The molecule has 4 rings (SSSR count). The number of benzene rings is 1. The number of rotatable bonds is 6. The highest BCUT2D eigenvalue weighted by atomic mass is 16.5. The lowest BCUT2D eigenvalue weighted by molar-refractivity contribution is 0.102. The van der Waals surface area contributed by atoms with Gasteiger partial charge in [0.25, 0.3) is 5.91 Å². The monoisotopic (exact) mass is 354 g/mol. The van der Waals surface area contributed by atoms with Crippen molar-refractivity contribution in [3.05, 3.63) is 47.7 Å². The van der Waals surface area contributed by atoms with E-state index in [1.165, 1.54) is 6.26 Å². The zero-order valence-corrected chi connectivity index (χ0v) is 14.2. The van der Waals surface area contributed by atoms with Crippen LogP contribution in [0.15, 0.2) is 34.9 Å². The minimum atomic E-state index is -0.288. The Bertz CT molecular complexity index is 944. The molecule has 2 heterocycles. The topological polar surface area (TPSA) is 121 Å². The summed E-state index contributed by atoms with van der Waals surface area (Å²) in [6.45, 7) is 0.239. The highest BCUT2D eigenvalue weighted by Crippen LogP contribution is 2.40. The van der Waals surface area contributed by atoms with Gasteiger partial charge in [0.05, 0.1) is 19.2 Å². The number of hydrogen-bond donors (Lipinski definition) is 2. The van der Waals surface area contributed by atoms with Crippen LogP contribution in [0, 0.1) is 0 Å². The molecule has 9 nitrogen and oxygen atoms in total. The van der Waals surface area contributed by atoms with Gasteiger partial charge in [-0.25, -0.2) is 0 Å². The molecule has 3 N–H and O–H groups in total. The molecule has 3 aromatic rings. The Balaban J connectivity index is 1.63. The van der Waals surface area contributed by atoms with Crippen LogP contribution in [-0.4, -0.2) is 33.2 Å². The van der Waals surface area contributed by atoms with E-state index in [1.54, 1.807) is 36.1 Å². The van der Waals surface area contributed by atoms with Crippen molar-refractivity contribution >= 4 is 11.6 Å². The second-order valence-corrected chi connectivity index (χ2v) is 6.07. The number of ether oxygens (including phenoxy) is 1. The van der Waals surface area contributed by atoms with Crippen LogP contribution in [0.25, 0.3) is 5.69 Å². The lowest BCUT2D eigenvalue weighted by Gasteiger charge is -2.12. The van der Waals surface area contributed by atoms with E-state index < -0.39 is 0 Å². The Morgan fingerprint density at radius 3 is 2.96 bits per heavy atom. The molecule has 1 aliphatic carbocycles. The van der Waals surface area contributed by atoms with Gasteiger partial charge in [-0.3, -0.25) is 4.79 Å². The molecule has 26 heavy (non-hydrogen) atoms. The van der Waals surface area contributed by atoms with Crippen molar-refractivity contribution in [1.82, 2.24) is 20.2 Å². The van der Waals surface area contributed by atoms with Gasteiger partial charge < -0.3 is 20.2 Å². The molecule has 2 aromatic heterocycles. The molecular formula is C17H18N6O3. The van der Waals surface area contributed by atoms with Gasteiger partial charge in [-0.15, -0.1) is 5.10 Å². The van der Waals surface area contributed by atoms with Gasteiger partial charge in [0.2, 0.25) is 0 Å². The molecule has 134 valence electrons. The number of nitrogens with zero attached hydrogens (tertiary/aromatic N) is 4. The highest BCUT2D eigenvalue weighted by Gasteiger charge is 2.30. The third kappa shape index (κ3) is 3.04. The van der Waals surface area contributed by atoms with Crippen LogP contribution in [0.3, 0.4) is 0 Å². The molecule has 1 aromatic carbocycles. The van der Waals surface area contributed by atoms with Crippen molar-refractivity contribution in [3.8, 4) is 11.4 Å². The maximum Gasteiger partial charge on any atom is 0.258 e. The summed E-state index contributed by atoms with van der Waals surface area (Å²) in [6.07, 6.45) is 3.53. The number of hydrogen-bond acceptors (Lipinski definition) is 7. The molecule has 0 radical (unpaired) electrons. The molecule has 1 saturated carbocycles. The molecule has 0 saturated heterocycles. The molecule has 1 fully saturated rings. The van der Waals surface area contributed by atoms with Gasteiger partial charge >= 0.3 is 0 Å². The predicted molar refractivity (Wildman–Crippen MR) is 92.2 cm³/mol. The van der Waals surface area contributed by atoms with Crippen LogP contribution >= 0.6 is 0 Å². The number of furan rings is 1. The summed E-state index contributed by atoms with van der Waals surface area (Å²) in [5, 5.41) is 14.8. The Morgan fingerprint density at radius 1 is 1.42 bits per heavy atom. The van der Waals surface area contributed by atoms with Gasteiger partial charge in [0, 0.05) is 11.6 Å². The summed E-state index contributed by atoms with van der Waals surface area (Å²) >= 11 is 0. The molecule has 0 spiro atoms. The van der Waals surface area contributed by atoms with E-state index in [9.17, 15) is 4.79 Å². The van der Waals surface area contributed by atoms with Crippen molar-refractivity contribution < 1.29 is 13.9 Å². The van der Waals surface area contributed by atoms with Crippen LogP contribution in [0.1, 0.15) is 40.7 Å². The first-order chi connectivity index (χ1) is 12.7. The van der Waals surface area contributed by atoms with Crippen molar-refractivity contribution in [3.63, 3.8) is 0 Å². The third-order valence-corrected chi connectivity index (χ3v) is 4.22. The smallest absolute Gasteiger partial charge is 0.258 e. The van der Waals surface area contributed by atoms with Gasteiger partial charge in [-0.2, -0.15) is 4.68 Å². The summed E-state index contributed by atoms with van der Waals surface area (Å²) in [7, 11) is 1.58. The van der Waals surface area contributed by atoms with Crippen LogP contribution in [0.4, 0.5) is 5.69 Å². The molecular weight excluding hydrogens is 336 g/mol. The van der Waals surface area contributed by atoms with Crippen molar-refractivity contribution in [2.45, 2.75) is 25.3 Å². The minimum Gasteiger partial charge on any atom is -0.494 e. The quantitative estimate of drug-likeness (QED) is 0.693. The average molecular weight is 354 g/mol. The Kier molecular flexibility index (Phi) is 4.13. The Morgan fingerprint density at radius 2 is 2.27 bits per heavy atom. The maximum absolute atomic E-state index is 12.4.